The van der Waals surface area contributed by atoms with Crippen LogP contribution < -0.4 is 5.32 Å². The Morgan fingerprint density at radius 3 is 2.92 bits per heavy atom. The van der Waals surface area contributed by atoms with E-state index in [2.05, 4.69) is 12.2 Å². The summed E-state index contributed by atoms with van der Waals surface area (Å²) in [7, 11) is 0. The normalized spacial score (nSPS) is 17.8. The lowest BCUT2D eigenvalue weighted by Crippen LogP contribution is -2.42. The Kier molecular flexibility index (Phi) is 5.20. The summed E-state index contributed by atoms with van der Waals surface area (Å²) in [5.41, 5.74) is 1.52. The first-order chi connectivity index (χ1) is 11.7. The lowest BCUT2D eigenvalue weighted by molar-refractivity contribution is 0.0474. The van der Waals surface area contributed by atoms with Gasteiger partial charge in [0, 0.05) is 30.8 Å². The second-order valence-corrected chi connectivity index (χ2v) is 6.20. The number of aryl methyl sites for hydroxylation is 1. The van der Waals surface area contributed by atoms with Gasteiger partial charge in [-0.2, -0.15) is 0 Å². The summed E-state index contributed by atoms with van der Waals surface area (Å²) in [4.78, 5) is 14.3. The zero-order valence-electron chi connectivity index (χ0n) is 14.0. The number of anilines is 1. The number of hydrogen-bond donors (Lipinski definition) is 2. The Morgan fingerprint density at radius 1 is 1.33 bits per heavy atom. The average molecular weight is 328 g/mol. The molecule has 0 bridgehead atoms. The minimum atomic E-state index is -0.407. The van der Waals surface area contributed by atoms with Gasteiger partial charge in [0.2, 0.25) is 0 Å². The van der Waals surface area contributed by atoms with Crippen molar-refractivity contribution in [2.45, 2.75) is 38.8 Å². The quantitative estimate of drug-likeness (QED) is 0.885. The van der Waals surface area contributed by atoms with Gasteiger partial charge in [0.15, 0.2) is 0 Å². The predicted octanol–water partition coefficient (Wildman–Crippen LogP) is 3.05. The molecule has 5 heteroatoms. The Labute approximate surface area is 142 Å². The number of rotatable bonds is 5. The largest absolute Gasteiger partial charge is 0.464 e. The maximum atomic E-state index is 12.6. The molecule has 3 rings (SSSR count). The summed E-state index contributed by atoms with van der Waals surface area (Å²) in [6.45, 7) is 3.77. The summed E-state index contributed by atoms with van der Waals surface area (Å²) < 4.78 is 5.67. The van der Waals surface area contributed by atoms with Crippen molar-refractivity contribution in [2.75, 3.05) is 18.4 Å². The second-order valence-electron chi connectivity index (χ2n) is 6.20. The maximum absolute atomic E-state index is 12.6. The lowest BCUT2D eigenvalue weighted by Gasteiger charge is -2.30. The minimum Gasteiger partial charge on any atom is -0.464 e. The number of aliphatic hydroxyl groups is 1. The Bertz CT molecular complexity index is 695. The fraction of sp³-hybridized carbons (Fsp3) is 0.421. The SMILES string of the molecule is CCc1ccc(CNc2cccc(C(=O)N3CCCC(O)C3)c2)o1. The number of hydrogen-bond acceptors (Lipinski definition) is 4. The third kappa shape index (κ3) is 3.97. The van der Waals surface area contributed by atoms with Crippen LogP contribution in [0.3, 0.4) is 0 Å². The molecule has 1 unspecified atom stereocenters. The van der Waals surface area contributed by atoms with Gasteiger partial charge in [0.1, 0.15) is 11.5 Å². The molecule has 24 heavy (non-hydrogen) atoms. The van der Waals surface area contributed by atoms with Crippen molar-refractivity contribution >= 4 is 11.6 Å². The molecule has 1 aromatic carbocycles. The molecular weight excluding hydrogens is 304 g/mol. The van der Waals surface area contributed by atoms with E-state index in [0.29, 0.717) is 25.2 Å². The van der Waals surface area contributed by atoms with Gasteiger partial charge in [0.25, 0.3) is 5.91 Å². The fourth-order valence-electron chi connectivity index (χ4n) is 2.98. The Hall–Kier alpha value is -2.27. The van der Waals surface area contributed by atoms with Crippen molar-refractivity contribution in [3.05, 3.63) is 53.5 Å². The van der Waals surface area contributed by atoms with Crippen LogP contribution in [0.25, 0.3) is 0 Å². The molecular formula is C19H24N2O3. The summed E-state index contributed by atoms with van der Waals surface area (Å²) in [6.07, 6.45) is 2.10. The van der Waals surface area contributed by atoms with Gasteiger partial charge in [-0.15, -0.1) is 0 Å². The summed E-state index contributed by atoms with van der Waals surface area (Å²) in [5.74, 6) is 1.82. The van der Waals surface area contributed by atoms with Gasteiger partial charge in [-0.25, -0.2) is 0 Å². The molecule has 128 valence electrons. The van der Waals surface area contributed by atoms with Crippen molar-refractivity contribution in [1.29, 1.82) is 0 Å². The highest BCUT2D eigenvalue weighted by Gasteiger charge is 2.23. The highest BCUT2D eigenvalue weighted by molar-refractivity contribution is 5.95. The summed E-state index contributed by atoms with van der Waals surface area (Å²) in [5, 5.41) is 13.0. The number of β-amino-alcohol motifs (C(OH)–C–C–N with tert-alkyl or cyclic N) is 1. The second kappa shape index (κ2) is 7.53. The standard InChI is InChI=1S/C19H24N2O3/c1-2-17-8-9-18(24-17)12-20-15-6-3-5-14(11-15)19(23)21-10-4-7-16(22)13-21/h3,5-6,8-9,11,16,20,22H,2,4,7,10,12-13H2,1H3. The highest BCUT2D eigenvalue weighted by atomic mass is 16.3. The smallest absolute Gasteiger partial charge is 0.254 e. The van der Waals surface area contributed by atoms with Crippen LogP contribution in [0.1, 0.15) is 41.6 Å². The molecule has 5 nitrogen and oxygen atoms in total. The van der Waals surface area contributed by atoms with Crippen LogP contribution in [0, 0.1) is 0 Å². The first kappa shape index (κ1) is 16.6. The number of amides is 1. The number of aliphatic hydroxyl groups excluding tert-OH is 1. The highest BCUT2D eigenvalue weighted by Crippen LogP contribution is 2.18. The molecule has 1 amide bonds. The van der Waals surface area contributed by atoms with Gasteiger partial charge in [-0.1, -0.05) is 13.0 Å². The summed E-state index contributed by atoms with van der Waals surface area (Å²) in [6, 6.07) is 11.4. The van der Waals surface area contributed by atoms with E-state index in [-0.39, 0.29) is 5.91 Å². The Balaban J connectivity index is 1.63. The van der Waals surface area contributed by atoms with Crippen LogP contribution in [-0.4, -0.2) is 35.1 Å². The molecule has 2 N–H and O–H groups in total. The van der Waals surface area contributed by atoms with Gasteiger partial charge in [-0.3, -0.25) is 4.79 Å². The number of nitrogens with zero attached hydrogens (tertiary/aromatic N) is 1. The third-order valence-electron chi connectivity index (χ3n) is 4.33. The number of benzene rings is 1. The molecule has 1 atom stereocenters. The number of carbonyl (C=O) groups is 1. The van der Waals surface area contributed by atoms with Crippen molar-refractivity contribution < 1.29 is 14.3 Å². The minimum absolute atomic E-state index is 0.0244. The number of furan rings is 1. The van der Waals surface area contributed by atoms with Crippen LogP contribution in [-0.2, 0) is 13.0 Å². The van der Waals surface area contributed by atoms with Gasteiger partial charge < -0.3 is 19.7 Å². The van der Waals surface area contributed by atoms with Gasteiger partial charge in [0.05, 0.1) is 12.6 Å². The molecule has 1 fully saturated rings. The van der Waals surface area contributed by atoms with Crippen LogP contribution in [0.2, 0.25) is 0 Å². The van der Waals surface area contributed by atoms with E-state index in [1.165, 1.54) is 0 Å². The molecule has 1 aliphatic rings. The van der Waals surface area contributed by atoms with Crippen molar-refractivity contribution in [3.63, 3.8) is 0 Å². The topological polar surface area (TPSA) is 65.7 Å². The van der Waals surface area contributed by atoms with E-state index in [1.807, 2.05) is 36.4 Å². The first-order valence-corrected chi connectivity index (χ1v) is 8.54. The lowest BCUT2D eigenvalue weighted by atomic mass is 10.1. The molecule has 1 aliphatic heterocycles. The van der Waals surface area contributed by atoms with E-state index in [9.17, 15) is 9.90 Å². The number of nitrogens with one attached hydrogen (secondary N) is 1. The Morgan fingerprint density at radius 2 is 2.17 bits per heavy atom. The van der Waals surface area contributed by atoms with Crippen LogP contribution in [0.5, 0.6) is 0 Å². The van der Waals surface area contributed by atoms with Crippen molar-refractivity contribution in [2.24, 2.45) is 0 Å². The number of carbonyl (C=O) groups excluding carboxylic acids is 1. The van der Waals surface area contributed by atoms with Crippen LogP contribution in [0.4, 0.5) is 5.69 Å². The van der Waals surface area contributed by atoms with Crippen molar-refractivity contribution in [3.8, 4) is 0 Å². The molecule has 0 radical (unpaired) electrons. The monoisotopic (exact) mass is 328 g/mol. The zero-order valence-corrected chi connectivity index (χ0v) is 14.0. The third-order valence-corrected chi connectivity index (χ3v) is 4.33. The molecule has 1 aromatic heterocycles. The van der Waals surface area contributed by atoms with E-state index < -0.39 is 6.10 Å². The molecule has 0 aliphatic carbocycles. The summed E-state index contributed by atoms with van der Waals surface area (Å²) >= 11 is 0. The van der Waals surface area contributed by atoms with Crippen LogP contribution >= 0.6 is 0 Å². The number of likely N-dealkylation sites (tertiary alicyclic amines) is 1. The molecule has 0 saturated carbocycles. The molecule has 2 aromatic rings. The predicted molar refractivity (Wildman–Crippen MR) is 93.0 cm³/mol. The van der Waals surface area contributed by atoms with E-state index in [4.69, 9.17) is 4.42 Å². The molecule has 0 spiro atoms. The van der Waals surface area contributed by atoms with Gasteiger partial charge in [-0.05, 0) is 43.2 Å². The first-order valence-electron chi connectivity index (χ1n) is 8.54. The van der Waals surface area contributed by atoms with Crippen LogP contribution in [0.15, 0.2) is 40.8 Å². The van der Waals surface area contributed by atoms with Gasteiger partial charge >= 0.3 is 0 Å². The van der Waals surface area contributed by atoms with Crippen molar-refractivity contribution in [1.82, 2.24) is 4.90 Å². The fourth-order valence-corrected chi connectivity index (χ4v) is 2.98. The van der Waals surface area contributed by atoms with E-state index in [1.54, 1.807) is 4.90 Å². The average Bonchev–Trinajstić information content (AvgIpc) is 3.08. The zero-order chi connectivity index (χ0) is 16.9. The number of piperidine rings is 1. The molecule has 2 heterocycles. The molecule has 1 saturated heterocycles. The van der Waals surface area contributed by atoms with E-state index in [0.717, 1.165) is 36.5 Å². The van der Waals surface area contributed by atoms with E-state index >= 15 is 0 Å². The maximum Gasteiger partial charge on any atom is 0.254 e.